The molecular formula is C22H22F5N3O5. The molecule has 0 bridgehead atoms. The minimum absolute atomic E-state index is 0.0249. The molecule has 4 atom stereocenters. The lowest BCUT2D eigenvalue weighted by Gasteiger charge is -2.32. The van der Waals surface area contributed by atoms with Gasteiger partial charge in [0.15, 0.2) is 17.2 Å². The minimum atomic E-state index is -4.91. The molecule has 2 heterocycles. The van der Waals surface area contributed by atoms with Crippen LogP contribution in [0.4, 0.5) is 27.6 Å². The largest absolute Gasteiger partial charge is 0.493 e. The summed E-state index contributed by atoms with van der Waals surface area (Å²) in [5.41, 5.74) is -3.27. The number of nitrogens with zero attached hydrogens (tertiary/aromatic N) is 2. The van der Waals surface area contributed by atoms with Gasteiger partial charge in [0, 0.05) is 36.3 Å². The molecule has 1 aromatic heterocycles. The molecule has 3 rings (SSSR count). The van der Waals surface area contributed by atoms with E-state index in [0.717, 1.165) is 45.5 Å². The van der Waals surface area contributed by atoms with Gasteiger partial charge in [-0.1, -0.05) is 13.0 Å². The van der Waals surface area contributed by atoms with Crippen LogP contribution < -0.4 is 10.1 Å². The maximum Gasteiger partial charge on any atom is 0.417 e. The lowest BCUT2D eigenvalue weighted by molar-refractivity contribution is -0.272. The van der Waals surface area contributed by atoms with E-state index in [2.05, 4.69) is 10.3 Å². The van der Waals surface area contributed by atoms with Crippen LogP contribution in [0.2, 0.25) is 0 Å². The first-order valence-corrected chi connectivity index (χ1v) is 10.2. The second-order valence-corrected chi connectivity index (χ2v) is 8.19. The summed E-state index contributed by atoms with van der Waals surface area (Å²) in [5.74, 6) is -8.09. The van der Waals surface area contributed by atoms with Gasteiger partial charge in [-0.25, -0.2) is 9.45 Å². The van der Waals surface area contributed by atoms with Crippen molar-refractivity contribution in [1.29, 1.82) is 0 Å². The number of rotatable bonds is 5. The van der Waals surface area contributed by atoms with Gasteiger partial charge in [-0.15, -0.1) is 0 Å². The molecule has 1 aliphatic heterocycles. The lowest BCUT2D eigenvalue weighted by atomic mass is 9.77. The monoisotopic (exact) mass is 503 g/mol. The summed E-state index contributed by atoms with van der Waals surface area (Å²) in [4.78, 5) is 28.8. The number of aromatic nitrogens is 1. The van der Waals surface area contributed by atoms with E-state index in [1.54, 1.807) is 0 Å². The second kappa shape index (κ2) is 9.38. The van der Waals surface area contributed by atoms with Gasteiger partial charge in [0.2, 0.25) is 5.82 Å². The van der Waals surface area contributed by atoms with Crippen LogP contribution in [0.3, 0.4) is 0 Å². The molecule has 13 heteroatoms. The number of ether oxygens (including phenoxy) is 2. The molecule has 2 aromatic rings. The Kier molecular flexibility index (Phi) is 7.04. The fourth-order valence-corrected chi connectivity index (χ4v) is 4.04. The van der Waals surface area contributed by atoms with Gasteiger partial charge in [-0.3, -0.25) is 19.8 Å². The van der Waals surface area contributed by atoms with E-state index in [1.165, 1.54) is 13.0 Å². The van der Waals surface area contributed by atoms with Crippen molar-refractivity contribution in [2.45, 2.75) is 37.6 Å². The van der Waals surface area contributed by atoms with Crippen molar-refractivity contribution in [3.05, 3.63) is 53.4 Å². The SMILES string of the molecule is COc1c([C@H]2[C@H](C(=O)Nc3ccnc(C(=O)N(C)O)c3)O[C@@](C)(C(F)(F)F)[C@H]2C)ccc(F)c1F. The van der Waals surface area contributed by atoms with Crippen molar-refractivity contribution in [3.8, 4) is 5.75 Å². The van der Waals surface area contributed by atoms with Crippen LogP contribution in [0, 0.1) is 17.6 Å². The molecule has 8 nitrogen and oxygen atoms in total. The number of benzene rings is 1. The number of nitrogens with one attached hydrogen (secondary N) is 1. The number of methoxy groups -OCH3 is 1. The molecule has 1 fully saturated rings. The Morgan fingerprint density at radius 1 is 1.26 bits per heavy atom. The van der Waals surface area contributed by atoms with E-state index in [0.29, 0.717) is 0 Å². The van der Waals surface area contributed by atoms with Crippen molar-refractivity contribution in [1.82, 2.24) is 10.0 Å². The number of halogens is 5. The highest BCUT2D eigenvalue weighted by Gasteiger charge is 2.65. The summed E-state index contributed by atoms with van der Waals surface area (Å²) < 4.78 is 80.4. The van der Waals surface area contributed by atoms with Crippen LogP contribution in [0.15, 0.2) is 30.5 Å². The summed E-state index contributed by atoms with van der Waals surface area (Å²) in [6, 6.07) is 4.14. The third-order valence-corrected chi connectivity index (χ3v) is 6.11. The molecule has 1 aromatic carbocycles. The fraction of sp³-hybridized carbons (Fsp3) is 0.409. The molecule has 1 aliphatic rings. The number of pyridine rings is 1. The predicted molar refractivity (Wildman–Crippen MR) is 111 cm³/mol. The van der Waals surface area contributed by atoms with Crippen molar-refractivity contribution in [2.75, 3.05) is 19.5 Å². The third-order valence-electron chi connectivity index (χ3n) is 6.11. The Hall–Kier alpha value is -3.32. The molecule has 2 amide bonds. The molecule has 0 unspecified atom stereocenters. The average Bonchev–Trinajstić information content (AvgIpc) is 3.07. The molecule has 0 spiro atoms. The minimum Gasteiger partial charge on any atom is -0.493 e. The Balaban J connectivity index is 2.05. The molecule has 35 heavy (non-hydrogen) atoms. The first kappa shape index (κ1) is 26.3. The van der Waals surface area contributed by atoms with E-state index < -0.39 is 58.9 Å². The van der Waals surface area contributed by atoms with Gasteiger partial charge in [-0.05, 0) is 25.1 Å². The predicted octanol–water partition coefficient (Wildman–Crippen LogP) is 3.91. The van der Waals surface area contributed by atoms with Crippen LogP contribution in [-0.4, -0.2) is 59.1 Å². The Morgan fingerprint density at radius 2 is 1.91 bits per heavy atom. The third kappa shape index (κ3) is 4.65. The van der Waals surface area contributed by atoms with Gasteiger partial charge >= 0.3 is 6.18 Å². The summed E-state index contributed by atoms with van der Waals surface area (Å²) in [6.07, 6.45) is -5.57. The molecule has 1 saturated heterocycles. The highest BCUT2D eigenvalue weighted by molar-refractivity contribution is 5.97. The van der Waals surface area contributed by atoms with Crippen LogP contribution in [0.25, 0.3) is 0 Å². The first-order valence-electron chi connectivity index (χ1n) is 10.2. The summed E-state index contributed by atoms with van der Waals surface area (Å²) in [5, 5.41) is 11.9. The normalized spacial score (nSPS) is 24.2. The molecule has 2 N–H and O–H groups in total. The van der Waals surface area contributed by atoms with E-state index in [1.807, 2.05) is 0 Å². The van der Waals surface area contributed by atoms with Gasteiger partial charge in [0.25, 0.3) is 11.8 Å². The zero-order valence-corrected chi connectivity index (χ0v) is 19.0. The molecule has 0 aliphatic carbocycles. The smallest absolute Gasteiger partial charge is 0.417 e. The number of anilines is 1. The lowest BCUT2D eigenvalue weighted by Crippen LogP contribution is -2.47. The van der Waals surface area contributed by atoms with Crippen LogP contribution in [0.1, 0.15) is 35.8 Å². The van der Waals surface area contributed by atoms with E-state index in [4.69, 9.17) is 9.47 Å². The van der Waals surface area contributed by atoms with Gasteiger partial charge in [0.1, 0.15) is 11.8 Å². The topological polar surface area (TPSA) is 101 Å². The van der Waals surface area contributed by atoms with Crippen molar-refractivity contribution in [3.63, 3.8) is 0 Å². The number of hydrogen-bond acceptors (Lipinski definition) is 6. The van der Waals surface area contributed by atoms with Crippen molar-refractivity contribution in [2.24, 2.45) is 5.92 Å². The second-order valence-electron chi connectivity index (χ2n) is 8.19. The zero-order valence-electron chi connectivity index (χ0n) is 19.0. The highest BCUT2D eigenvalue weighted by atomic mass is 19.4. The van der Waals surface area contributed by atoms with Gasteiger partial charge in [-0.2, -0.15) is 17.6 Å². The number of alkyl halides is 3. The zero-order chi connectivity index (χ0) is 26.3. The van der Waals surface area contributed by atoms with E-state index in [9.17, 15) is 36.7 Å². The summed E-state index contributed by atoms with van der Waals surface area (Å²) in [7, 11) is 2.08. The van der Waals surface area contributed by atoms with Crippen molar-refractivity contribution < 1.29 is 46.2 Å². The number of hydrogen-bond donors (Lipinski definition) is 2. The van der Waals surface area contributed by atoms with Crippen LogP contribution in [0.5, 0.6) is 5.75 Å². The fourth-order valence-electron chi connectivity index (χ4n) is 4.04. The number of hydroxylamine groups is 2. The summed E-state index contributed by atoms with van der Waals surface area (Å²) in [6.45, 7) is 1.96. The van der Waals surface area contributed by atoms with Crippen LogP contribution >= 0.6 is 0 Å². The maximum atomic E-state index is 14.4. The van der Waals surface area contributed by atoms with Gasteiger partial charge < -0.3 is 14.8 Å². The first-order chi connectivity index (χ1) is 16.2. The Morgan fingerprint density at radius 3 is 2.49 bits per heavy atom. The average molecular weight is 503 g/mol. The number of carbonyl (C=O) groups is 2. The molecule has 0 saturated carbocycles. The Bertz CT molecular complexity index is 1140. The number of amides is 2. The van der Waals surface area contributed by atoms with Gasteiger partial charge in [0.05, 0.1) is 7.11 Å². The Labute approximate surface area is 196 Å². The van der Waals surface area contributed by atoms with E-state index >= 15 is 0 Å². The maximum absolute atomic E-state index is 14.4. The molecular weight excluding hydrogens is 481 g/mol. The quantitative estimate of drug-likeness (QED) is 0.365. The molecule has 0 radical (unpaired) electrons. The highest BCUT2D eigenvalue weighted by Crippen LogP contribution is 2.55. The van der Waals surface area contributed by atoms with Crippen LogP contribution in [-0.2, 0) is 9.53 Å². The summed E-state index contributed by atoms with van der Waals surface area (Å²) >= 11 is 0. The van der Waals surface area contributed by atoms with Crippen molar-refractivity contribution >= 4 is 17.5 Å². The van der Waals surface area contributed by atoms with E-state index in [-0.39, 0.29) is 22.0 Å². The molecule has 190 valence electrons. The number of carbonyl (C=O) groups excluding carboxylic acids is 2. The standard InChI is InChI=1S/C22H22F5N3O5/c1-10-15(12-5-6-13(23)16(24)17(12)34-4)18(35-21(10,2)22(25,26)27)19(31)29-11-7-8-28-14(9-11)20(32)30(3)33/h5-10,15,18,33H,1-4H3,(H,28,29,31)/t10-,15-,18+,21+/m0/s1.